The minimum absolute atomic E-state index is 0.0153. The van der Waals surface area contributed by atoms with Gasteiger partial charge >= 0.3 is 5.97 Å². The van der Waals surface area contributed by atoms with Crippen molar-refractivity contribution in [2.45, 2.75) is 119 Å². The SMILES string of the molecule is CC(=O)O[C@H]1CC[C@@]2(C)[C@H](CC[C@]3(C)[C@@H]2C(=O)C=C2[C@H]4C[C@@](C)(C(=O)Nc5ccccc5[N+](=O)[O-])CC[C@]4(C)CC[C@@]23C)C1(C)C. The highest BCUT2D eigenvalue weighted by Crippen LogP contribution is 2.75. The van der Waals surface area contributed by atoms with Crippen LogP contribution in [0.5, 0.6) is 0 Å². The second-order valence-electron chi connectivity index (χ2n) is 17.4. The summed E-state index contributed by atoms with van der Waals surface area (Å²) in [5.41, 5.74) is -0.263. The number of carbonyl (C=O) groups is 3. The molecule has 8 nitrogen and oxygen atoms in total. The molecule has 0 radical (unpaired) electrons. The first-order chi connectivity index (χ1) is 21.3. The standard InChI is InChI=1S/C38H52N2O6/c1-23(41)46-30-14-15-36(6)29(33(30,2)3)13-16-38(8)31(36)28(42)21-24-25-22-35(5,18-17-34(25,4)19-20-37(24,38)7)32(43)39-26-11-9-10-12-27(26)40(44)45/h9-12,21,25,29-31H,13-20,22H2,1-8H3,(H,39,43)/t25-,29-,30+,31-,34-,35+,36+,37+,38-/m1/s1. The zero-order valence-corrected chi connectivity index (χ0v) is 29.0. The Balaban J connectivity index is 1.35. The van der Waals surface area contributed by atoms with Gasteiger partial charge in [0.2, 0.25) is 5.91 Å². The third-order valence-corrected chi connectivity index (χ3v) is 14.7. The van der Waals surface area contributed by atoms with Gasteiger partial charge in [-0.15, -0.1) is 0 Å². The molecule has 5 aliphatic carbocycles. The number of nitro benzene ring substituents is 1. The Morgan fingerprint density at radius 3 is 2.28 bits per heavy atom. The lowest BCUT2D eigenvalue weighted by Gasteiger charge is -2.70. The van der Waals surface area contributed by atoms with Crippen LogP contribution >= 0.6 is 0 Å². The number of benzene rings is 1. The summed E-state index contributed by atoms with van der Waals surface area (Å²) in [7, 11) is 0. The van der Waals surface area contributed by atoms with E-state index in [9.17, 15) is 24.5 Å². The van der Waals surface area contributed by atoms with Crippen molar-refractivity contribution in [3.8, 4) is 0 Å². The Morgan fingerprint density at radius 2 is 1.61 bits per heavy atom. The van der Waals surface area contributed by atoms with Crippen LogP contribution in [-0.4, -0.2) is 28.7 Å². The molecule has 0 saturated heterocycles. The lowest BCUT2D eigenvalue weighted by atomic mass is 9.33. The molecule has 9 atom stereocenters. The molecule has 1 N–H and O–H groups in total. The van der Waals surface area contributed by atoms with Gasteiger partial charge in [-0.25, -0.2) is 0 Å². The Labute approximate surface area is 273 Å². The minimum atomic E-state index is -0.726. The number of fused-ring (bicyclic) bond motifs is 7. The van der Waals surface area contributed by atoms with Gasteiger partial charge < -0.3 is 10.1 Å². The molecule has 0 bridgehead atoms. The Morgan fingerprint density at radius 1 is 0.935 bits per heavy atom. The first-order valence-electron chi connectivity index (χ1n) is 17.3. The third-order valence-electron chi connectivity index (χ3n) is 14.7. The minimum Gasteiger partial charge on any atom is -0.462 e. The molecule has 0 heterocycles. The van der Waals surface area contributed by atoms with E-state index in [0.717, 1.165) is 44.9 Å². The van der Waals surface area contributed by atoms with Gasteiger partial charge in [-0.05, 0) is 103 Å². The van der Waals surface area contributed by atoms with Crippen LogP contribution in [0.3, 0.4) is 0 Å². The third kappa shape index (κ3) is 4.55. The van der Waals surface area contributed by atoms with Gasteiger partial charge in [0.05, 0.1) is 4.92 Å². The number of carbonyl (C=O) groups excluding carboxylic acids is 3. The molecule has 5 aliphatic rings. The zero-order valence-electron chi connectivity index (χ0n) is 29.0. The zero-order chi connectivity index (χ0) is 33.7. The number of ketones is 1. The second kappa shape index (κ2) is 10.5. The van der Waals surface area contributed by atoms with E-state index in [0.29, 0.717) is 12.8 Å². The molecule has 1 aromatic carbocycles. The molecule has 0 unspecified atom stereocenters. The predicted octanol–water partition coefficient (Wildman–Crippen LogP) is 8.45. The highest BCUT2D eigenvalue weighted by atomic mass is 16.6. The average molecular weight is 633 g/mol. The first-order valence-corrected chi connectivity index (χ1v) is 17.3. The van der Waals surface area contributed by atoms with Crippen LogP contribution in [0.2, 0.25) is 0 Å². The van der Waals surface area contributed by atoms with Gasteiger partial charge in [-0.2, -0.15) is 0 Å². The molecule has 1 aromatic rings. The summed E-state index contributed by atoms with van der Waals surface area (Å²) >= 11 is 0. The van der Waals surface area contributed by atoms with Crippen LogP contribution in [0.15, 0.2) is 35.9 Å². The fourth-order valence-corrected chi connectivity index (χ4v) is 11.8. The molecule has 4 saturated carbocycles. The number of hydrogen-bond acceptors (Lipinski definition) is 6. The molecule has 250 valence electrons. The van der Waals surface area contributed by atoms with Crippen molar-refractivity contribution < 1.29 is 24.0 Å². The maximum atomic E-state index is 14.7. The van der Waals surface area contributed by atoms with Crippen LogP contribution in [0.1, 0.15) is 113 Å². The van der Waals surface area contributed by atoms with Gasteiger partial charge in [0.1, 0.15) is 11.8 Å². The van der Waals surface area contributed by atoms with Crippen LogP contribution in [-0.2, 0) is 19.1 Å². The van der Waals surface area contributed by atoms with E-state index >= 15 is 0 Å². The molecule has 1 amide bonds. The summed E-state index contributed by atoms with van der Waals surface area (Å²) in [6, 6.07) is 6.30. The molecule has 0 aliphatic heterocycles. The van der Waals surface area contributed by atoms with Crippen LogP contribution in [0.25, 0.3) is 0 Å². The number of anilines is 1. The maximum Gasteiger partial charge on any atom is 0.302 e. The van der Waals surface area contributed by atoms with E-state index in [1.165, 1.54) is 18.6 Å². The topological polar surface area (TPSA) is 116 Å². The smallest absolute Gasteiger partial charge is 0.302 e. The van der Waals surface area contributed by atoms with E-state index in [2.05, 4.69) is 46.9 Å². The predicted molar refractivity (Wildman–Crippen MR) is 177 cm³/mol. The summed E-state index contributed by atoms with van der Waals surface area (Å²) in [6.45, 7) is 17.4. The van der Waals surface area contributed by atoms with Crippen molar-refractivity contribution in [3.05, 3.63) is 46.0 Å². The molecule has 0 aromatic heterocycles. The van der Waals surface area contributed by atoms with Gasteiger partial charge in [0.15, 0.2) is 5.78 Å². The highest BCUT2D eigenvalue weighted by Gasteiger charge is 2.70. The van der Waals surface area contributed by atoms with Crippen LogP contribution in [0.4, 0.5) is 11.4 Å². The maximum absolute atomic E-state index is 14.7. The molecule has 8 heteroatoms. The van der Waals surface area contributed by atoms with Crippen molar-refractivity contribution in [2.24, 2.45) is 50.2 Å². The summed E-state index contributed by atoms with van der Waals surface area (Å²) < 4.78 is 5.86. The number of ether oxygens (including phenoxy) is 1. The number of hydrogen-bond donors (Lipinski definition) is 1. The van der Waals surface area contributed by atoms with Crippen molar-refractivity contribution in [3.63, 3.8) is 0 Å². The number of rotatable bonds is 4. The van der Waals surface area contributed by atoms with Crippen molar-refractivity contribution in [1.29, 1.82) is 0 Å². The normalized spacial score (nSPS) is 42.7. The fourth-order valence-electron chi connectivity index (χ4n) is 11.8. The van der Waals surface area contributed by atoms with E-state index in [4.69, 9.17) is 4.74 Å². The number of nitro groups is 1. The molecule has 46 heavy (non-hydrogen) atoms. The first kappa shape index (κ1) is 32.9. The Bertz CT molecular complexity index is 1530. The lowest BCUT2D eigenvalue weighted by Crippen LogP contribution is -2.66. The van der Waals surface area contributed by atoms with Crippen LogP contribution in [0, 0.1) is 60.4 Å². The summed E-state index contributed by atoms with van der Waals surface area (Å²) in [6.07, 6.45) is 9.65. The lowest BCUT2D eigenvalue weighted by molar-refractivity contribution is -0.383. The summed E-state index contributed by atoms with van der Waals surface area (Å²) in [5.74, 6) is 0.0107. The van der Waals surface area contributed by atoms with Crippen LogP contribution < -0.4 is 5.32 Å². The van der Waals surface area contributed by atoms with Crippen molar-refractivity contribution >= 4 is 29.0 Å². The van der Waals surface area contributed by atoms with Crippen molar-refractivity contribution in [1.82, 2.24) is 0 Å². The number of amides is 1. The number of nitrogens with one attached hydrogen (secondary N) is 1. The molecular weight excluding hydrogens is 580 g/mol. The van der Waals surface area contributed by atoms with E-state index in [-0.39, 0.29) is 80.0 Å². The monoisotopic (exact) mass is 632 g/mol. The number of allylic oxidation sites excluding steroid dienone is 2. The van der Waals surface area contributed by atoms with E-state index in [1.807, 2.05) is 13.0 Å². The molecular formula is C38H52N2O6. The Kier molecular flexibility index (Phi) is 7.50. The van der Waals surface area contributed by atoms with Gasteiger partial charge in [-0.3, -0.25) is 24.5 Å². The van der Waals surface area contributed by atoms with E-state index < -0.39 is 10.3 Å². The van der Waals surface area contributed by atoms with Gasteiger partial charge in [0, 0.05) is 29.7 Å². The average Bonchev–Trinajstić information content (AvgIpc) is 2.96. The second-order valence-corrected chi connectivity index (χ2v) is 17.4. The number of esters is 1. The quantitative estimate of drug-likeness (QED) is 0.202. The number of para-hydroxylation sites is 2. The van der Waals surface area contributed by atoms with Gasteiger partial charge in [0.25, 0.3) is 5.69 Å². The number of nitrogens with zero attached hydrogens (tertiary/aromatic N) is 1. The highest BCUT2D eigenvalue weighted by molar-refractivity contribution is 5.98. The van der Waals surface area contributed by atoms with Crippen molar-refractivity contribution in [2.75, 3.05) is 5.32 Å². The molecule has 4 fully saturated rings. The van der Waals surface area contributed by atoms with E-state index in [1.54, 1.807) is 18.2 Å². The molecule has 6 rings (SSSR count). The summed E-state index contributed by atoms with van der Waals surface area (Å²) in [5, 5.41) is 14.6. The molecule has 0 spiro atoms. The Hall–Kier alpha value is -3.03. The fraction of sp³-hybridized carbons (Fsp3) is 0.711. The van der Waals surface area contributed by atoms with Gasteiger partial charge in [-0.1, -0.05) is 66.2 Å². The summed E-state index contributed by atoms with van der Waals surface area (Å²) in [4.78, 5) is 51.8. The largest absolute Gasteiger partial charge is 0.462 e.